The van der Waals surface area contributed by atoms with Gasteiger partial charge in [-0.25, -0.2) is 17.7 Å². The fourth-order valence-corrected chi connectivity index (χ4v) is 4.55. The molecule has 9 heteroatoms. The van der Waals surface area contributed by atoms with Crippen LogP contribution in [0.4, 0.5) is 5.13 Å². The minimum Gasteiger partial charge on any atom is -0.298 e. The lowest BCUT2D eigenvalue weighted by molar-refractivity contribution is 0.102. The molecule has 1 N–H and O–H groups in total. The number of nitrogens with one attached hydrogen (secondary N) is 1. The van der Waals surface area contributed by atoms with Crippen LogP contribution in [0.1, 0.15) is 10.4 Å². The van der Waals surface area contributed by atoms with Crippen LogP contribution in [-0.4, -0.2) is 44.0 Å². The number of sulfonamides is 1. The van der Waals surface area contributed by atoms with Gasteiger partial charge in [-0.3, -0.25) is 10.1 Å². The SMILES string of the molecule is CSc1ccc(C(=O)Nc2nc3ccc(S(=O)(=O)N(C)C)cc3s2)cc1. The number of amides is 1. The summed E-state index contributed by atoms with van der Waals surface area (Å²) in [6, 6.07) is 12.0. The van der Waals surface area contributed by atoms with Gasteiger partial charge >= 0.3 is 0 Å². The van der Waals surface area contributed by atoms with Gasteiger partial charge in [0.05, 0.1) is 15.1 Å². The van der Waals surface area contributed by atoms with Gasteiger partial charge in [-0.1, -0.05) is 11.3 Å². The summed E-state index contributed by atoms with van der Waals surface area (Å²) in [5.74, 6) is -0.252. The fourth-order valence-electron chi connectivity index (χ4n) is 2.24. The average molecular weight is 408 g/mol. The Morgan fingerprint density at radius 2 is 1.85 bits per heavy atom. The number of aromatic nitrogens is 1. The molecule has 0 unspecified atom stereocenters. The van der Waals surface area contributed by atoms with Crippen LogP contribution >= 0.6 is 23.1 Å². The van der Waals surface area contributed by atoms with Gasteiger partial charge in [0.25, 0.3) is 5.91 Å². The molecule has 3 aromatic rings. The Morgan fingerprint density at radius 1 is 1.15 bits per heavy atom. The molecule has 1 heterocycles. The quantitative estimate of drug-likeness (QED) is 0.655. The number of anilines is 1. The van der Waals surface area contributed by atoms with Crippen molar-refractivity contribution in [2.75, 3.05) is 25.7 Å². The van der Waals surface area contributed by atoms with Crippen LogP contribution in [0.2, 0.25) is 0 Å². The van der Waals surface area contributed by atoms with Gasteiger partial charge in [0.2, 0.25) is 10.0 Å². The van der Waals surface area contributed by atoms with E-state index >= 15 is 0 Å². The molecule has 1 amide bonds. The molecular formula is C17H17N3O3S3. The van der Waals surface area contributed by atoms with E-state index in [-0.39, 0.29) is 10.8 Å². The zero-order valence-electron chi connectivity index (χ0n) is 14.4. The van der Waals surface area contributed by atoms with E-state index < -0.39 is 10.0 Å². The Morgan fingerprint density at radius 3 is 2.46 bits per heavy atom. The number of nitrogens with zero attached hydrogens (tertiary/aromatic N) is 2. The first-order valence-electron chi connectivity index (χ1n) is 7.60. The third-order valence-corrected chi connectivity index (χ3v) is 7.20. The molecule has 0 aliphatic heterocycles. The second kappa shape index (κ2) is 7.36. The Hall–Kier alpha value is -1.94. The molecule has 1 aromatic heterocycles. The minimum atomic E-state index is -3.51. The number of hydrogen-bond acceptors (Lipinski definition) is 6. The van der Waals surface area contributed by atoms with Crippen molar-refractivity contribution in [3.63, 3.8) is 0 Å². The lowest BCUT2D eigenvalue weighted by atomic mass is 10.2. The Bertz CT molecular complexity index is 1060. The molecule has 6 nitrogen and oxygen atoms in total. The lowest BCUT2D eigenvalue weighted by Gasteiger charge is -2.10. The van der Waals surface area contributed by atoms with E-state index in [1.165, 1.54) is 31.5 Å². The van der Waals surface area contributed by atoms with Gasteiger partial charge in [-0.05, 0) is 48.7 Å². The average Bonchev–Trinajstić information content (AvgIpc) is 3.02. The lowest BCUT2D eigenvalue weighted by Crippen LogP contribution is -2.22. The van der Waals surface area contributed by atoms with Gasteiger partial charge < -0.3 is 0 Å². The third-order valence-electron chi connectivity index (χ3n) is 3.71. The predicted molar refractivity (Wildman–Crippen MR) is 107 cm³/mol. The number of rotatable bonds is 5. The van der Waals surface area contributed by atoms with Gasteiger partial charge in [-0.2, -0.15) is 0 Å². The molecule has 0 radical (unpaired) electrons. The molecule has 3 rings (SSSR count). The van der Waals surface area contributed by atoms with E-state index in [9.17, 15) is 13.2 Å². The highest BCUT2D eigenvalue weighted by Gasteiger charge is 2.18. The zero-order chi connectivity index (χ0) is 18.9. The Labute approximate surface area is 160 Å². The number of thioether (sulfide) groups is 1. The summed E-state index contributed by atoms with van der Waals surface area (Å²) in [4.78, 5) is 18.0. The fraction of sp³-hybridized carbons (Fsp3) is 0.176. The first-order chi connectivity index (χ1) is 12.3. The van der Waals surface area contributed by atoms with E-state index in [0.29, 0.717) is 20.9 Å². The van der Waals surface area contributed by atoms with Crippen molar-refractivity contribution >= 4 is 54.4 Å². The van der Waals surface area contributed by atoms with Crippen molar-refractivity contribution in [3.8, 4) is 0 Å². The van der Waals surface area contributed by atoms with Gasteiger partial charge in [0, 0.05) is 24.6 Å². The molecule has 26 heavy (non-hydrogen) atoms. The van der Waals surface area contributed by atoms with E-state index in [1.807, 2.05) is 18.4 Å². The molecule has 0 saturated carbocycles. The highest BCUT2D eigenvalue weighted by atomic mass is 32.2. The number of carbonyl (C=O) groups excluding carboxylic acids is 1. The monoisotopic (exact) mass is 407 g/mol. The Balaban J connectivity index is 1.86. The number of hydrogen-bond donors (Lipinski definition) is 1. The number of fused-ring (bicyclic) bond motifs is 1. The molecule has 0 saturated heterocycles. The van der Waals surface area contributed by atoms with Crippen molar-refractivity contribution in [3.05, 3.63) is 48.0 Å². The summed E-state index contributed by atoms with van der Waals surface area (Å²) in [5.41, 5.74) is 1.18. The highest BCUT2D eigenvalue weighted by Crippen LogP contribution is 2.29. The van der Waals surface area contributed by atoms with Crippen LogP contribution in [0.5, 0.6) is 0 Å². The molecule has 0 fully saturated rings. The van der Waals surface area contributed by atoms with Gasteiger partial charge in [0.15, 0.2) is 5.13 Å². The van der Waals surface area contributed by atoms with Crippen LogP contribution in [-0.2, 0) is 10.0 Å². The summed E-state index contributed by atoms with van der Waals surface area (Å²) in [5, 5.41) is 3.20. The minimum absolute atomic E-state index is 0.198. The summed E-state index contributed by atoms with van der Waals surface area (Å²) < 4.78 is 26.3. The first kappa shape index (κ1) is 18.8. The molecule has 0 atom stereocenters. The number of benzene rings is 2. The largest absolute Gasteiger partial charge is 0.298 e. The van der Waals surface area contributed by atoms with Crippen molar-refractivity contribution in [2.24, 2.45) is 0 Å². The van der Waals surface area contributed by atoms with Crippen LogP contribution in [0.3, 0.4) is 0 Å². The number of thiazole rings is 1. The summed E-state index contributed by atoms with van der Waals surface area (Å²) in [6.45, 7) is 0. The van der Waals surface area contributed by atoms with Crippen molar-refractivity contribution < 1.29 is 13.2 Å². The summed E-state index contributed by atoms with van der Waals surface area (Å²) in [7, 11) is -0.536. The highest BCUT2D eigenvalue weighted by molar-refractivity contribution is 7.98. The zero-order valence-corrected chi connectivity index (χ0v) is 16.8. The van der Waals surface area contributed by atoms with E-state index in [1.54, 1.807) is 36.0 Å². The summed E-state index contributed by atoms with van der Waals surface area (Å²) in [6.07, 6.45) is 1.97. The van der Waals surface area contributed by atoms with E-state index in [4.69, 9.17) is 0 Å². The second-order valence-electron chi connectivity index (χ2n) is 5.62. The van der Waals surface area contributed by atoms with Crippen molar-refractivity contribution in [2.45, 2.75) is 9.79 Å². The van der Waals surface area contributed by atoms with E-state index in [2.05, 4.69) is 10.3 Å². The second-order valence-corrected chi connectivity index (χ2v) is 9.68. The van der Waals surface area contributed by atoms with Crippen molar-refractivity contribution in [1.82, 2.24) is 9.29 Å². The molecule has 0 spiro atoms. The summed E-state index contributed by atoms with van der Waals surface area (Å²) >= 11 is 2.85. The maximum Gasteiger partial charge on any atom is 0.257 e. The third kappa shape index (κ3) is 3.75. The van der Waals surface area contributed by atoms with Gasteiger partial charge in [0.1, 0.15) is 0 Å². The predicted octanol–water partition coefficient (Wildman–Crippen LogP) is 3.52. The maximum atomic E-state index is 12.4. The van der Waals surface area contributed by atoms with Crippen LogP contribution in [0.15, 0.2) is 52.3 Å². The molecular weight excluding hydrogens is 390 g/mol. The standard InChI is InChI=1S/C17H17N3O3S3/c1-20(2)26(22,23)13-8-9-14-15(10-13)25-17(18-14)19-16(21)11-4-6-12(24-3)7-5-11/h4-10H,1-3H3,(H,18,19,21). The van der Waals surface area contributed by atoms with Gasteiger partial charge in [-0.15, -0.1) is 11.8 Å². The van der Waals surface area contributed by atoms with Crippen LogP contribution < -0.4 is 5.32 Å². The first-order valence-corrected chi connectivity index (χ1v) is 11.1. The Kier molecular flexibility index (Phi) is 5.33. The maximum absolute atomic E-state index is 12.4. The number of carbonyl (C=O) groups is 1. The molecule has 0 aliphatic rings. The molecule has 2 aromatic carbocycles. The molecule has 0 bridgehead atoms. The molecule has 136 valence electrons. The van der Waals surface area contributed by atoms with E-state index in [0.717, 1.165) is 9.20 Å². The topological polar surface area (TPSA) is 79.4 Å². The van der Waals surface area contributed by atoms with Crippen molar-refractivity contribution in [1.29, 1.82) is 0 Å². The van der Waals surface area contributed by atoms with Crippen LogP contribution in [0, 0.1) is 0 Å². The van der Waals surface area contributed by atoms with Crippen LogP contribution in [0.25, 0.3) is 10.2 Å². The molecule has 0 aliphatic carbocycles. The smallest absolute Gasteiger partial charge is 0.257 e. The normalized spacial score (nSPS) is 11.8.